The van der Waals surface area contributed by atoms with E-state index in [4.69, 9.17) is 11.6 Å². The van der Waals surface area contributed by atoms with Crippen molar-refractivity contribution in [2.24, 2.45) is 5.41 Å². The molecule has 0 aliphatic rings. The summed E-state index contributed by atoms with van der Waals surface area (Å²) < 4.78 is 3.18. The molecule has 25 heavy (non-hydrogen) atoms. The van der Waals surface area contributed by atoms with Crippen LogP contribution < -0.4 is 0 Å². The van der Waals surface area contributed by atoms with Gasteiger partial charge in [-0.2, -0.15) is 10.2 Å². The Labute approximate surface area is 155 Å². The maximum atomic E-state index is 11.1. The fourth-order valence-corrected chi connectivity index (χ4v) is 3.57. The van der Waals surface area contributed by atoms with Crippen molar-refractivity contribution in [1.82, 2.24) is 29.5 Å². The highest BCUT2D eigenvalue weighted by Gasteiger charge is 2.37. The Morgan fingerprint density at radius 1 is 1.08 bits per heavy atom. The number of hydrogen-bond acceptors (Lipinski definition) is 6. The molecule has 0 amide bonds. The third-order valence-electron chi connectivity index (χ3n) is 3.92. The number of nitrogens with zero attached hydrogens (tertiary/aromatic N) is 6. The van der Waals surface area contributed by atoms with Gasteiger partial charge in [-0.25, -0.2) is 19.3 Å². The van der Waals surface area contributed by atoms with E-state index in [0.717, 1.165) is 4.90 Å². The van der Waals surface area contributed by atoms with Crippen LogP contribution in [0.3, 0.4) is 0 Å². The maximum absolute atomic E-state index is 11.1. The van der Waals surface area contributed by atoms with Crippen LogP contribution in [0.4, 0.5) is 0 Å². The summed E-state index contributed by atoms with van der Waals surface area (Å²) in [5.74, 6) is 0.704. The van der Waals surface area contributed by atoms with Crippen LogP contribution in [-0.4, -0.2) is 46.5 Å². The molecule has 1 aromatic carbocycles. The molecule has 1 atom stereocenters. The second-order valence-corrected chi connectivity index (χ2v) is 7.83. The molecule has 0 aliphatic carbocycles. The van der Waals surface area contributed by atoms with Crippen LogP contribution in [0.5, 0.6) is 0 Å². The molecular weight excluding hydrogens is 360 g/mol. The highest BCUT2D eigenvalue weighted by Crippen LogP contribution is 2.35. The van der Waals surface area contributed by atoms with Crippen molar-refractivity contribution in [2.75, 3.05) is 5.75 Å². The lowest BCUT2D eigenvalue weighted by Crippen LogP contribution is -2.42. The van der Waals surface area contributed by atoms with Gasteiger partial charge in [-0.3, -0.25) is 0 Å². The number of halogens is 1. The first-order valence-electron chi connectivity index (χ1n) is 7.72. The van der Waals surface area contributed by atoms with Crippen LogP contribution >= 0.6 is 23.4 Å². The number of benzene rings is 1. The Kier molecular flexibility index (Phi) is 5.41. The molecule has 0 fully saturated rings. The fourth-order valence-electron chi connectivity index (χ4n) is 2.41. The monoisotopic (exact) mass is 378 g/mol. The van der Waals surface area contributed by atoms with E-state index >= 15 is 0 Å². The van der Waals surface area contributed by atoms with E-state index < -0.39 is 17.7 Å². The lowest BCUT2D eigenvalue weighted by Gasteiger charge is -2.35. The summed E-state index contributed by atoms with van der Waals surface area (Å²) in [6.07, 6.45) is 4.73. The molecule has 2 aromatic heterocycles. The summed E-state index contributed by atoms with van der Waals surface area (Å²) in [5, 5.41) is 20.1. The summed E-state index contributed by atoms with van der Waals surface area (Å²) in [6.45, 7) is 4.03. The average Bonchev–Trinajstić information content (AvgIpc) is 3.29. The molecule has 2 heterocycles. The summed E-state index contributed by atoms with van der Waals surface area (Å²) in [6, 6.07) is 7.67. The molecule has 1 unspecified atom stereocenters. The van der Waals surface area contributed by atoms with E-state index in [-0.39, 0.29) is 0 Å². The lowest BCUT2D eigenvalue weighted by atomic mass is 9.87. The number of hydrogen-bond donors (Lipinski definition) is 1. The Hall–Kier alpha value is -1.90. The largest absolute Gasteiger partial charge is 0.388 e. The maximum Gasteiger partial charge on any atom is 0.173 e. The number of thioether (sulfide) groups is 1. The SMILES string of the molecule is CC(C)(CSc1ccc(Cl)cc1)C(O)C(n1cncn1)n1cncn1. The molecule has 3 rings (SSSR count). The molecule has 132 valence electrons. The van der Waals surface area contributed by atoms with Gasteiger partial charge in [-0.15, -0.1) is 11.8 Å². The van der Waals surface area contributed by atoms with Crippen LogP contribution in [0.15, 0.2) is 54.5 Å². The van der Waals surface area contributed by atoms with Gasteiger partial charge >= 0.3 is 0 Å². The van der Waals surface area contributed by atoms with Gasteiger partial charge in [0.1, 0.15) is 31.4 Å². The van der Waals surface area contributed by atoms with Gasteiger partial charge in [0.05, 0.1) is 0 Å². The third kappa shape index (κ3) is 4.20. The van der Waals surface area contributed by atoms with Crippen LogP contribution in [0, 0.1) is 5.41 Å². The van der Waals surface area contributed by atoms with Crippen LogP contribution in [-0.2, 0) is 0 Å². The normalized spacial score (nSPS) is 13.3. The standard InChI is InChI=1S/C16H19ClN6OS/c1-16(2,7-25-13-5-3-12(17)4-6-13)14(24)15(22-10-18-8-20-22)23-11-19-9-21-23/h3-6,8-11,14-15,24H,7H2,1-2H3. The first kappa shape index (κ1) is 17.9. The number of aliphatic hydroxyl groups is 1. The van der Waals surface area contributed by atoms with Gasteiger partial charge in [-0.05, 0) is 24.3 Å². The molecule has 3 aromatic rings. The molecule has 1 N–H and O–H groups in total. The van der Waals surface area contributed by atoms with Crippen molar-refractivity contribution < 1.29 is 5.11 Å². The van der Waals surface area contributed by atoms with Gasteiger partial charge in [-0.1, -0.05) is 25.4 Å². The second kappa shape index (κ2) is 7.55. The van der Waals surface area contributed by atoms with E-state index in [0.29, 0.717) is 10.8 Å². The first-order valence-corrected chi connectivity index (χ1v) is 9.08. The Balaban J connectivity index is 1.77. The topological polar surface area (TPSA) is 81.6 Å². The van der Waals surface area contributed by atoms with E-state index in [9.17, 15) is 5.11 Å². The Morgan fingerprint density at radius 3 is 2.12 bits per heavy atom. The van der Waals surface area contributed by atoms with Gasteiger partial charge in [0.15, 0.2) is 6.17 Å². The number of aliphatic hydroxyl groups excluding tert-OH is 1. The number of rotatable bonds is 7. The third-order valence-corrected chi connectivity index (χ3v) is 5.67. The van der Waals surface area contributed by atoms with Gasteiger partial charge in [0.2, 0.25) is 0 Å². The van der Waals surface area contributed by atoms with E-state index in [2.05, 4.69) is 20.2 Å². The molecule has 0 saturated heterocycles. The first-order chi connectivity index (χ1) is 12.0. The highest BCUT2D eigenvalue weighted by molar-refractivity contribution is 7.99. The summed E-state index contributed by atoms with van der Waals surface area (Å²) in [7, 11) is 0. The van der Waals surface area contributed by atoms with Crippen LogP contribution in [0.25, 0.3) is 0 Å². The lowest BCUT2D eigenvalue weighted by molar-refractivity contribution is -0.000622. The predicted octanol–water partition coefficient (Wildman–Crippen LogP) is 2.75. The average molecular weight is 379 g/mol. The Bertz CT molecular complexity index is 741. The second-order valence-electron chi connectivity index (χ2n) is 6.34. The van der Waals surface area contributed by atoms with Crippen molar-refractivity contribution in [2.45, 2.75) is 31.0 Å². The molecular formula is C16H19ClN6OS. The van der Waals surface area contributed by atoms with E-state index in [1.165, 1.54) is 12.7 Å². The van der Waals surface area contributed by atoms with Gasteiger partial charge in [0, 0.05) is 21.1 Å². The zero-order chi connectivity index (χ0) is 17.9. The Morgan fingerprint density at radius 2 is 1.64 bits per heavy atom. The molecule has 0 spiro atoms. The van der Waals surface area contributed by atoms with E-state index in [1.807, 2.05) is 38.1 Å². The smallest absolute Gasteiger partial charge is 0.173 e. The fraction of sp³-hybridized carbons (Fsp3) is 0.375. The molecule has 0 saturated carbocycles. The summed E-state index contributed by atoms with van der Waals surface area (Å²) in [5.41, 5.74) is -0.424. The molecule has 9 heteroatoms. The van der Waals surface area contributed by atoms with Gasteiger partial charge < -0.3 is 5.11 Å². The van der Waals surface area contributed by atoms with Crippen LogP contribution in [0.2, 0.25) is 5.02 Å². The minimum atomic E-state index is -0.754. The minimum Gasteiger partial charge on any atom is -0.388 e. The van der Waals surface area contributed by atoms with Crippen molar-refractivity contribution in [1.29, 1.82) is 0 Å². The van der Waals surface area contributed by atoms with Crippen LogP contribution in [0.1, 0.15) is 20.0 Å². The van der Waals surface area contributed by atoms with Crippen molar-refractivity contribution in [3.05, 3.63) is 54.6 Å². The minimum absolute atomic E-state index is 0.424. The zero-order valence-corrected chi connectivity index (χ0v) is 15.5. The summed E-state index contributed by atoms with van der Waals surface area (Å²) >= 11 is 7.59. The van der Waals surface area contributed by atoms with Crippen molar-refractivity contribution >= 4 is 23.4 Å². The molecule has 0 aliphatic heterocycles. The van der Waals surface area contributed by atoms with Crippen molar-refractivity contribution in [3.63, 3.8) is 0 Å². The quantitative estimate of drug-likeness (QED) is 0.636. The molecule has 7 nitrogen and oxygen atoms in total. The van der Waals surface area contributed by atoms with E-state index in [1.54, 1.807) is 33.8 Å². The number of aromatic nitrogens is 6. The molecule has 0 bridgehead atoms. The highest BCUT2D eigenvalue weighted by atomic mass is 35.5. The molecule has 0 radical (unpaired) electrons. The predicted molar refractivity (Wildman–Crippen MR) is 96.4 cm³/mol. The summed E-state index contributed by atoms with van der Waals surface area (Å²) in [4.78, 5) is 9.06. The van der Waals surface area contributed by atoms with Crippen molar-refractivity contribution in [3.8, 4) is 0 Å². The van der Waals surface area contributed by atoms with Gasteiger partial charge in [0.25, 0.3) is 0 Å². The zero-order valence-electron chi connectivity index (χ0n) is 13.9.